The predicted octanol–water partition coefficient (Wildman–Crippen LogP) is 3.80. The van der Waals surface area contributed by atoms with Crippen molar-refractivity contribution in [3.8, 4) is 0 Å². The van der Waals surface area contributed by atoms with Crippen LogP contribution in [0.4, 0.5) is 13.2 Å². The predicted molar refractivity (Wildman–Crippen MR) is 83.0 cm³/mol. The number of nitrogens with zero attached hydrogens (tertiary/aromatic N) is 1. The zero-order valence-corrected chi connectivity index (χ0v) is 13.1. The summed E-state index contributed by atoms with van der Waals surface area (Å²) >= 11 is -1.89. The number of hydrogen-bond acceptors (Lipinski definition) is 3. The van der Waals surface area contributed by atoms with E-state index in [-0.39, 0.29) is 6.42 Å². The Hall–Kier alpha value is -1.89. The molecular formula is C16H14F3NO2S. The van der Waals surface area contributed by atoms with Gasteiger partial charge < -0.3 is 0 Å². The normalized spacial score (nSPS) is 21.9. The van der Waals surface area contributed by atoms with Crippen LogP contribution in [0.5, 0.6) is 0 Å². The summed E-state index contributed by atoms with van der Waals surface area (Å²) in [5.74, 6) is -0.924. The average molecular weight is 341 g/mol. The van der Waals surface area contributed by atoms with Crippen molar-refractivity contribution in [3.05, 3.63) is 53.1 Å². The molecule has 2 aliphatic carbocycles. The van der Waals surface area contributed by atoms with E-state index in [0.29, 0.717) is 6.42 Å². The van der Waals surface area contributed by atoms with Crippen LogP contribution in [0.25, 0.3) is 5.57 Å². The Balaban J connectivity index is 1.87. The highest BCUT2D eigenvalue weighted by Crippen LogP contribution is 2.41. The number of oxime groups is 1. The molecule has 0 amide bonds. The van der Waals surface area contributed by atoms with E-state index in [0.717, 1.165) is 28.5 Å². The molecule has 0 heterocycles. The topological polar surface area (TPSA) is 38.7 Å². The summed E-state index contributed by atoms with van der Waals surface area (Å²) in [6.07, 6.45) is 0.603. The molecule has 7 heteroatoms. The first-order valence-electron chi connectivity index (χ1n) is 7.00. The molecule has 2 atom stereocenters. The van der Waals surface area contributed by atoms with Gasteiger partial charge in [0.25, 0.3) is 0 Å². The van der Waals surface area contributed by atoms with Gasteiger partial charge in [0, 0.05) is 5.92 Å². The van der Waals surface area contributed by atoms with Crippen LogP contribution in [-0.4, -0.2) is 22.4 Å². The zero-order valence-electron chi connectivity index (χ0n) is 12.3. The number of halogens is 3. The van der Waals surface area contributed by atoms with Gasteiger partial charge in [-0.2, -0.15) is 13.2 Å². The highest BCUT2D eigenvalue weighted by atomic mass is 32.2. The highest BCUT2D eigenvalue weighted by molar-refractivity contribution is 7.79. The summed E-state index contributed by atoms with van der Waals surface area (Å²) < 4.78 is 54.8. The van der Waals surface area contributed by atoms with Crippen LogP contribution in [0.15, 0.2) is 47.1 Å². The Morgan fingerprint density at radius 2 is 2.09 bits per heavy atom. The molecule has 0 spiro atoms. The van der Waals surface area contributed by atoms with Crippen molar-refractivity contribution in [3.63, 3.8) is 0 Å². The van der Waals surface area contributed by atoms with Crippen LogP contribution in [-0.2, 0) is 21.8 Å². The standard InChI is InChI=1S/C16H14F3NO2S/c1-23(21)22-20-15(16(17,18)19)11-6-7-14-12(9-11)8-10-4-2-3-5-13(10)14/h2-7,11H,8-9H2,1H3/b20-15-. The third-order valence-corrected chi connectivity index (χ3v) is 4.22. The van der Waals surface area contributed by atoms with E-state index in [2.05, 4.69) is 9.44 Å². The minimum absolute atomic E-state index is 0.235. The largest absolute Gasteiger partial charge is 0.433 e. The molecule has 2 unspecified atom stereocenters. The van der Waals surface area contributed by atoms with Gasteiger partial charge in [-0.3, -0.25) is 4.28 Å². The van der Waals surface area contributed by atoms with E-state index in [1.165, 1.54) is 6.08 Å². The van der Waals surface area contributed by atoms with Gasteiger partial charge in [-0.25, -0.2) is 4.21 Å². The van der Waals surface area contributed by atoms with Crippen LogP contribution in [0, 0.1) is 5.92 Å². The molecule has 1 aromatic rings. The fourth-order valence-corrected chi connectivity index (χ4v) is 3.18. The Bertz CT molecular complexity index is 750. The van der Waals surface area contributed by atoms with Gasteiger partial charge in [0.2, 0.25) is 11.1 Å². The number of allylic oxidation sites excluding steroid dienone is 4. The Kier molecular flexibility index (Phi) is 4.14. The van der Waals surface area contributed by atoms with Crippen molar-refractivity contribution in [2.24, 2.45) is 11.1 Å². The molecule has 0 aromatic heterocycles. The van der Waals surface area contributed by atoms with Gasteiger partial charge in [-0.15, -0.1) is 0 Å². The summed E-state index contributed by atoms with van der Waals surface area (Å²) in [6.45, 7) is 0. The smallest absolute Gasteiger partial charge is 0.292 e. The molecule has 1 aromatic carbocycles. The van der Waals surface area contributed by atoms with Crippen molar-refractivity contribution in [1.82, 2.24) is 0 Å². The first-order valence-corrected chi connectivity index (χ1v) is 8.49. The molecule has 3 rings (SSSR count). The molecule has 0 radical (unpaired) electrons. The lowest BCUT2D eigenvalue weighted by Gasteiger charge is -2.21. The zero-order chi connectivity index (χ0) is 16.6. The molecule has 0 fully saturated rings. The lowest BCUT2D eigenvalue weighted by molar-refractivity contribution is -0.0638. The summed E-state index contributed by atoms with van der Waals surface area (Å²) in [4.78, 5) is 0. The maximum absolute atomic E-state index is 13.2. The van der Waals surface area contributed by atoms with E-state index in [9.17, 15) is 17.4 Å². The van der Waals surface area contributed by atoms with Crippen LogP contribution in [0.2, 0.25) is 0 Å². The Labute approximate surface area is 134 Å². The van der Waals surface area contributed by atoms with Gasteiger partial charge in [0.05, 0.1) is 6.26 Å². The summed E-state index contributed by atoms with van der Waals surface area (Å²) in [6, 6.07) is 7.80. The number of rotatable bonds is 3. The lowest BCUT2D eigenvalue weighted by atomic mass is 9.86. The molecule has 3 nitrogen and oxygen atoms in total. The maximum Gasteiger partial charge on any atom is 0.433 e. The first kappa shape index (κ1) is 16.0. The van der Waals surface area contributed by atoms with Gasteiger partial charge in [-0.1, -0.05) is 47.1 Å². The summed E-state index contributed by atoms with van der Waals surface area (Å²) in [5.41, 5.74) is 3.12. The van der Waals surface area contributed by atoms with Crippen LogP contribution >= 0.6 is 0 Å². The van der Waals surface area contributed by atoms with Crippen molar-refractivity contribution in [1.29, 1.82) is 0 Å². The third kappa shape index (κ3) is 3.24. The van der Waals surface area contributed by atoms with Gasteiger partial charge in [0.15, 0.2) is 5.71 Å². The minimum atomic E-state index is -4.63. The van der Waals surface area contributed by atoms with Crippen molar-refractivity contribution in [2.75, 3.05) is 6.26 Å². The van der Waals surface area contributed by atoms with E-state index >= 15 is 0 Å². The summed E-state index contributed by atoms with van der Waals surface area (Å²) in [7, 11) is 0. The number of alkyl halides is 3. The second-order valence-corrected chi connectivity index (χ2v) is 6.42. The molecule has 0 saturated carbocycles. The molecule has 0 aliphatic heterocycles. The van der Waals surface area contributed by atoms with Crippen molar-refractivity contribution < 1.29 is 21.7 Å². The molecule has 2 aliphatic rings. The molecule has 0 N–H and O–H groups in total. The highest BCUT2D eigenvalue weighted by Gasteiger charge is 2.42. The van der Waals surface area contributed by atoms with E-state index in [1.807, 2.05) is 24.3 Å². The first-order chi connectivity index (χ1) is 10.9. The number of benzene rings is 1. The maximum atomic E-state index is 13.2. The molecule has 0 bridgehead atoms. The third-order valence-electron chi connectivity index (χ3n) is 3.94. The Morgan fingerprint density at radius 3 is 2.78 bits per heavy atom. The minimum Gasteiger partial charge on any atom is -0.292 e. The average Bonchev–Trinajstić information content (AvgIpc) is 2.83. The van der Waals surface area contributed by atoms with Gasteiger partial charge in [-0.05, 0) is 29.5 Å². The van der Waals surface area contributed by atoms with Crippen molar-refractivity contribution in [2.45, 2.75) is 19.0 Å². The Morgan fingerprint density at radius 1 is 1.35 bits per heavy atom. The SMILES string of the molecule is CS(=O)O/N=C(/C1C=CC2=C(Cc3ccccc32)C1)C(F)(F)F. The lowest BCUT2D eigenvalue weighted by Crippen LogP contribution is -2.31. The molecular weight excluding hydrogens is 327 g/mol. The molecule has 122 valence electrons. The van der Waals surface area contributed by atoms with E-state index in [4.69, 9.17) is 0 Å². The summed E-state index contributed by atoms with van der Waals surface area (Å²) in [5, 5.41) is 3.10. The van der Waals surface area contributed by atoms with E-state index in [1.54, 1.807) is 6.08 Å². The number of fused-ring (bicyclic) bond motifs is 2. The second-order valence-electron chi connectivity index (χ2n) is 5.47. The fourth-order valence-electron chi connectivity index (χ4n) is 3.00. The molecule has 23 heavy (non-hydrogen) atoms. The van der Waals surface area contributed by atoms with Crippen LogP contribution < -0.4 is 0 Å². The van der Waals surface area contributed by atoms with E-state index < -0.39 is 28.9 Å². The van der Waals surface area contributed by atoms with Gasteiger partial charge in [0.1, 0.15) is 0 Å². The van der Waals surface area contributed by atoms with Crippen molar-refractivity contribution >= 4 is 22.4 Å². The fraction of sp³-hybridized carbons (Fsp3) is 0.312. The second kappa shape index (κ2) is 5.96. The van der Waals surface area contributed by atoms with Crippen LogP contribution in [0.3, 0.4) is 0 Å². The molecule has 0 saturated heterocycles. The van der Waals surface area contributed by atoms with Crippen LogP contribution in [0.1, 0.15) is 17.5 Å². The quantitative estimate of drug-likeness (QED) is 0.620. The van der Waals surface area contributed by atoms with Gasteiger partial charge >= 0.3 is 6.18 Å². The number of hydrogen-bond donors (Lipinski definition) is 0. The monoisotopic (exact) mass is 341 g/mol.